The van der Waals surface area contributed by atoms with Crippen molar-refractivity contribution in [2.24, 2.45) is 5.41 Å². The Kier molecular flexibility index (Phi) is 6.01. The van der Waals surface area contributed by atoms with Gasteiger partial charge in [-0.2, -0.15) is 0 Å². The van der Waals surface area contributed by atoms with E-state index in [-0.39, 0.29) is 11.3 Å². The Bertz CT molecular complexity index is 783. The van der Waals surface area contributed by atoms with E-state index in [4.69, 9.17) is 9.47 Å². The number of carbonyl (C=O) groups excluding carboxylic acids is 1. The highest BCUT2D eigenvalue weighted by molar-refractivity contribution is 7.03. The minimum Gasteiger partial charge on any atom is -0.383 e. The monoisotopic (exact) mass is 402 g/mol. The second kappa shape index (κ2) is 8.65. The summed E-state index contributed by atoms with van der Waals surface area (Å²) in [5.74, 6) is 0.212. The molecule has 1 aromatic carbocycles. The van der Waals surface area contributed by atoms with Crippen LogP contribution in [-0.4, -0.2) is 78.4 Å². The fraction of sp³-hybridized carbons (Fsp3) is 0.550. The van der Waals surface area contributed by atoms with Gasteiger partial charge in [-0.1, -0.05) is 28.8 Å². The Hall–Kier alpha value is -1.87. The van der Waals surface area contributed by atoms with Crippen LogP contribution in [0.1, 0.15) is 12.0 Å². The van der Waals surface area contributed by atoms with Crippen LogP contribution in [0.3, 0.4) is 0 Å². The summed E-state index contributed by atoms with van der Waals surface area (Å²) in [4.78, 5) is 16.8. The van der Waals surface area contributed by atoms with Gasteiger partial charge < -0.3 is 14.4 Å². The first-order valence-corrected chi connectivity index (χ1v) is 10.4. The van der Waals surface area contributed by atoms with Crippen LogP contribution >= 0.6 is 11.5 Å². The van der Waals surface area contributed by atoms with Crippen LogP contribution in [-0.2, 0) is 20.8 Å². The Balaban J connectivity index is 1.41. The van der Waals surface area contributed by atoms with Crippen LogP contribution in [0.25, 0.3) is 11.3 Å². The fourth-order valence-corrected chi connectivity index (χ4v) is 4.60. The van der Waals surface area contributed by atoms with Gasteiger partial charge in [0.05, 0.1) is 19.8 Å². The average molecular weight is 403 g/mol. The predicted molar refractivity (Wildman–Crippen MR) is 107 cm³/mol. The molecule has 2 aliphatic heterocycles. The standard InChI is InChI=1S/C20H26N4O3S/c1-26-8-7-24-14-20(10-19(24)25)13-23(6-9-27-15-20)11-16-2-4-17(5-3-16)18-12-28-22-21-18/h2-5,12H,6-11,13-15H2,1H3/t20-/m1/s1. The molecule has 1 atom stereocenters. The molecule has 1 aromatic heterocycles. The zero-order chi connectivity index (χ0) is 19.4. The Labute approximate surface area is 169 Å². The quantitative estimate of drug-likeness (QED) is 0.735. The van der Waals surface area contributed by atoms with Gasteiger partial charge in [-0.25, -0.2) is 0 Å². The maximum atomic E-state index is 12.5. The summed E-state index contributed by atoms with van der Waals surface area (Å²) in [5.41, 5.74) is 3.14. The lowest BCUT2D eigenvalue weighted by molar-refractivity contribution is -0.128. The number of nitrogens with zero attached hydrogens (tertiary/aromatic N) is 4. The molecule has 0 saturated carbocycles. The summed E-state index contributed by atoms with van der Waals surface area (Å²) in [5, 5.41) is 6.08. The van der Waals surface area contributed by atoms with E-state index in [1.165, 1.54) is 17.1 Å². The summed E-state index contributed by atoms with van der Waals surface area (Å²) in [6.07, 6.45) is 0.559. The van der Waals surface area contributed by atoms with Gasteiger partial charge in [0, 0.05) is 62.6 Å². The second-order valence-electron chi connectivity index (χ2n) is 7.74. The van der Waals surface area contributed by atoms with E-state index in [1.54, 1.807) is 7.11 Å². The number of aromatic nitrogens is 2. The number of methoxy groups -OCH3 is 1. The van der Waals surface area contributed by atoms with Crippen LogP contribution < -0.4 is 0 Å². The molecule has 8 heteroatoms. The Morgan fingerprint density at radius 2 is 2.14 bits per heavy atom. The average Bonchev–Trinajstić information content (AvgIpc) is 3.28. The molecule has 2 aromatic rings. The summed E-state index contributed by atoms with van der Waals surface area (Å²) >= 11 is 1.36. The number of amides is 1. The van der Waals surface area contributed by atoms with Gasteiger partial charge in [0.1, 0.15) is 5.69 Å². The summed E-state index contributed by atoms with van der Waals surface area (Å²) < 4.78 is 15.0. The molecule has 3 heterocycles. The molecular formula is C20H26N4O3S. The van der Waals surface area contributed by atoms with Gasteiger partial charge in [-0.15, -0.1) is 5.10 Å². The van der Waals surface area contributed by atoms with Crippen molar-refractivity contribution in [1.82, 2.24) is 19.4 Å². The highest BCUT2D eigenvalue weighted by Crippen LogP contribution is 2.34. The van der Waals surface area contributed by atoms with Crippen molar-refractivity contribution >= 4 is 17.4 Å². The molecule has 2 aliphatic rings. The van der Waals surface area contributed by atoms with E-state index < -0.39 is 0 Å². The number of hydrogen-bond donors (Lipinski definition) is 0. The molecule has 150 valence electrons. The molecule has 0 N–H and O–H groups in total. The lowest BCUT2D eigenvalue weighted by Gasteiger charge is -2.31. The zero-order valence-corrected chi connectivity index (χ0v) is 17.0. The highest BCUT2D eigenvalue weighted by atomic mass is 32.1. The van der Waals surface area contributed by atoms with E-state index in [9.17, 15) is 4.79 Å². The first-order chi connectivity index (χ1) is 13.7. The number of carbonyl (C=O) groups is 1. The molecule has 1 spiro atoms. The van der Waals surface area contributed by atoms with Gasteiger partial charge in [0.2, 0.25) is 5.91 Å². The van der Waals surface area contributed by atoms with Gasteiger partial charge in [-0.3, -0.25) is 9.69 Å². The van der Waals surface area contributed by atoms with Crippen molar-refractivity contribution in [1.29, 1.82) is 0 Å². The van der Waals surface area contributed by atoms with Crippen molar-refractivity contribution < 1.29 is 14.3 Å². The second-order valence-corrected chi connectivity index (χ2v) is 8.35. The van der Waals surface area contributed by atoms with Crippen LogP contribution in [0, 0.1) is 5.41 Å². The predicted octanol–water partition coefficient (Wildman–Crippen LogP) is 1.90. The molecule has 28 heavy (non-hydrogen) atoms. The van der Waals surface area contributed by atoms with Crippen LogP contribution in [0.2, 0.25) is 0 Å². The number of ether oxygens (including phenoxy) is 2. The van der Waals surface area contributed by atoms with Gasteiger partial charge in [-0.05, 0) is 17.1 Å². The minimum atomic E-state index is -0.118. The van der Waals surface area contributed by atoms with Gasteiger partial charge in [0.25, 0.3) is 0 Å². The third-order valence-electron chi connectivity index (χ3n) is 5.51. The smallest absolute Gasteiger partial charge is 0.223 e. The first kappa shape index (κ1) is 19.4. The topological polar surface area (TPSA) is 67.8 Å². The van der Waals surface area contributed by atoms with E-state index >= 15 is 0 Å². The third kappa shape index (κ3) is 4.41. The van der Waals surface area contributed by atoms with Crippen molar-refractivity contribution in [2.45, 2.75) is 13.0 Å². The van der Waals surface area contributed by atoms with Crippen molar-refractivity contribution in [3.63, 3.8) is 0 Å². The minimum absolute atomic E-state index is 0.118. The number of rotatable bonds is 6. The van der Waals surface area contributed by atoms with Crippen molar-refractivity contribution in [3.8, 4) is 11.3 Å². The summed E-state index contributed by atoms with van der Waals surface area (Å²) in [6.45, 7) is 5.95. The molecule has 0 radical (unpaired) electrons. The van der Waals surface area contributed by atoms with Crippen molar-refractivity contribution in [3.05, 3.63) is 35.2 Å². The molecule has 7 nitrogen and oxygen atoms in total. The molecule has 2 saturated heterocycles. The largest absolute Gasteiger partial charge is 0.383 e. The molecule has 0 aliphatic carbocycles. The number of likely N-dealkylation sites (tertiary alicyclic amines) is 1. The van der Waals surface area contributed by atoms with Crippen LogP contribution in [0.5, 0.6) is 0 Å². The third-order valence-corrected chi connectivity index (χ3v) is 6.01. The fourth-order valence-electron chi connectivity index (χ4n) is 4.14. The normalized spacial score (nSPS) is 23.5. The number of hydrogen-bond acceptors (Lipinski definition) is 7. The molecule has 2 fully saturated rings. The highest BCUT2D eigenvalue weighted by Gasteiger charge is 2.45. The van der Waals surface area contributed by atoms with E-state index in [0.29, 0.717) is 32.8 Å². The Morgan fingerprint density at radius 3 is 2.89 bits per heavy atom. The lowest BCUT2D eigenvalue weighted by Crippen LogP contribution is -2.40. The maximum absolute atomic E-state index is 12.5. The SMILES string of the molecule is COCCN1C[C@@]2(COCCN(Cc3ccc(-c4csnn4)cc3)C2)CC1=O. The van der Waals surface area contributed by atoms with E-state index in [2.05, 4.69) is 38.8 Å². The van der Waals surface area contributed by atoms with Crippen LogP contribution in [0.4, 0.5) is 0 Å². The molecule has 0 bridgehead atoms. The maximum Gasteiger partial charge on any atom is 0.223 e. The molecule has 1 amide bonds. The summed E-state index contributed by atoms with van der Waals surface area (Å²) in [6, 6.07) is 8.50. The van der Waals surface area contributed by atoms with Crippen molar-refractivity contribution in [2.75, 3.05) is 53.1 Å². The molecular weight excluding hydrogens is 376 g/mol. The first-order valence-electron chi connectivity index (χ1n) is 9.61. The number of benzene rings is 1. The summed E-state index contributed by atoms with van der Waals surface area (Å²) in [7, 11) is 1.67. The Morgan fingerprint density at radius 1 is 1.29 bits per heavy atom. The van der Waals surface area contributed by atoms with Crippen LogP contribution in [0.15, 0.2) is 29.6 Å². The van der Waals surface area contributed by atoms with E-state index in [0.717, 1.165) is 37.4 Å². The lowest BCUT2D eigenvalue weighted by atomic mass is 9.87. The van der Waals surface area contributed by atoms with Gasteiger partial charge >= 0.3 is 0 Å². The zero-order valence-electron chi connectivity index (χ0n) is 16.2. The molecule has 0 unspecified atom stereocenters. The van der Waals surface area contributed by atoms with Gasteiger partial charge in [0.15, 0.2) is 0 Å². The van der Waals surface area contributed by atoms with E-state index in [1.807, 2.05) is 10.3 Å². The molecule has 4 rings (SSSR count).